The topological polar surface area (TPSA) is 12.0 Å². The number of hydrogen-bond acceptors (Lipinski definition) is 2. The fourth-order valence-corrected chi connectivity index (χ4v) is 6.26. The number of nitrogens with one attached hydrogen (secondary N) is 1. The standard InChI is InChI=1S/C27H29NS/c1-18(2)22-10-6-11-23-24-12-7-13-25(27(24)29-26(22)23)28-21-16-14-20(15-17-21)19-8-4-3-5-9-19/h6-7,10-19,28H,3-5,8-9H2,1-2H3. The number of anilines is 2. The summed E-state index contributed by atoms with van der Waals surface area (Å²) in [6, 6.07) is 22.6. The van der Waals surface area contributed by atoms with Crippen molar-refractivity contribution in [3.05, 3.63) is 71.8 Å². The highest BCUT2D eigenvalue weighted by Crippen LogP contribution is 2.42. The Balaban J connectivity index is 1.49. The molecular weight excluding hydrogens is 370 g/mol. The van der Waals surface area contributed by atoms with Gasteiger partial charge in [-0.3, -0.25) is 0 Å². The molecule has 29 heavy (non-hydrogen) atoms. The highest BCUT2D eigenvalue weighted by atomic mass is 32.1. The van der Waals surface area contributed by atoms with E-state index in [1.54, 1.807) is 0 Å². The van der Waals surface area contributed by atoms with Crippen LogP contribution in [0.1, 0.15) is 68.9 Å². The maximum Gasteiger partial charge on any atom is 0.0590 e. The summed E-state index contributed by atoms with van der Waals surface area (Å²) in [5, 5.41) is 6.44. The lowest BCUT2D eigenvalue weighted by atomic mass is 9.84. The average molecular weight is 400 g/mol. The molecule has 1 aliphatic carbocycles. The Labute approximate surface area is 177 Å². The molecule has 3 aromatic carbocycles. The van der Waals surface area contributed by atoms with E-state index in [0.29, 0.717) is 5.92 Å². The van der Waals surface area contributed by atoms with Gasteiger partial charge in [0.25, 0.3) is 0 Å². The predicted molar refractivity (Wildman–Crippen MR) is 129 cm³/mol. The Morgan fingerprint density at radius 3 is 2.21 bits per heavy atom. The quantitative estimate of drug-likeness (QED) is 0.361. The summed E-state index contributed by atoms with van der Waals surface area (Å²) in [5.74, 6) is 1.30. The second kappa shape index (κ2) is 7.84. The normalized spacial score (nSPS) is 15.4. The zero-order valence-corrected chi connectivity index (χ0v) is 18.2. The molecule has 0 spiro atoms. The summed E-state index contributed by atoms with van der Waals surface area (Å²) in [4.78, 5) is 0. The monoisotopic (exact) mass is 399 g/mol. The van der Waals surface area contributed by atoms with Crippen LogP contribution in [-0.2, 0) is 0 Å². The van der Waals surface area contributed by atoms with Crippen LogP contribution in [0.15, 0.2) is 60.7 Å². The highest BCUT2D eigenvalue weighted by molar-refractivity contribution is 7.26. The van der Waals surface area contributed by atoms with E-state index < -0.39 is 0 Å². The minimum atomic E-state index is 0.538. The van der Waals surface area contributed by atoms with Gasteiger partial charge in [-0.25, -0.2) is 0 Å². The van der Waals surface area contributed by atoms with E-state index >= 15 is 0 Å². The highest BCUT2D eigenvalue weighted by Gasteiger charge is 2.16. The molecule has 1 fully saturated rings. The van der Waals surface area contributed by atoms with Crippen molar-refractivity contribution in [1.29, 1.82) is 0 Å². The van der Waals surface area contributed by atoms with Gasteiger partial charge in [0.15, 0.2) is 0 Å². The molecule has 0 saturated heterocycles. The molecule has 2 heteroatoms. The molecule has 0 amide bonds. The van der Waals surface area contributed by atoms with E-state index in [1.807, 2.05) is 11.3 Å². The summed E-state index contributed by atoms with van der Waals surface area (Å²) < 4.78 is 2.78. The van der Waals surface area contributed by atoms with Crippen LogP contribution in [0, 0.1) is 0 Å². The van der Waals surface area contributed by atoms with E-state index in [2.05, 4.69) is 79.8 Å². The number of hydrogen-bond donors (Lipinski definition) is 1. The third-order valence-electron chi connectivity index (χ3n) is 6.44. The van der Waals surface area contributed by atoms with Gasteiger partial charge in [-0.2, -0.15) is 0 Å². The molecular formula is C27H29NS. The fourth-order valence-electron chi connectivity index (χ4n) is 4.83. The molecule has 1 N–H and O–H groups in total. The Hall–Kier alpha value is -2.32. The first kappa shape index (κ1) is 18.7. The lowest BCUT2D eigenvalue weighted by Crippen LogP contribution is -2.04. The van der Waals surface area contributed by atoms with Gasteiger partial charge in [-0.15, -0.1) is 11.3 Å². The summed E-state index contributed by atoms with van der Waals surface area (Å²) in [6.07, 6.45) is 6.89. The molecule has 1 nitrogen and oxygen atoms in total. The van der Waals surface area contributed by atoms with Gasteiger partial charge in [-0.1, -0.05) is 75.6 Å². The van der Waals surface area contributed by atoms with E-state index in [-0.39, 0.29) is 0 Å². The molecule has 1 aromatic heterocycles. The second-order valence-corrected chi connectivity index (χ2v) is 9.77. The molecule has 1 heterocycles. The van der Waals surface area contributed by atoms with Crippen LogP contribution in [0.5, 0.6) is 0 Å². The van der Waals surface area contributed by atoms with Gasteiger partial charge in [0, 0.05) is 21.2 Å². The van der Waals surface area contributed by atoms with Crippen LogP contribution in [0.25, 0.3) is 20.2 Å². The lowest BCUT2D eigenvalue weighted by Gasteiger charge is -2.22. The molecule has 4 aromatic rings. The van der Waals surface area contributed by atoms with Crippen molar-refractivity contribution in [2.45, 2.75) is 57.8 Å². The molecule has 0 unspecified atom stereocenters. The van der Waals surface area contributed by atoms with Gasteiger partial charge >= 0.3 is 0 Å². The van der Waals surface area contributed by atoms with Crippen LogP contribution >= 0.6 is 11.3 Å². The van der Waals surface area contributed by atoms with Crippen molar-refractivity contribution in [3.8, 4) is 0 Å². The third kappa shape index (κ3) is 3.55. The summed E-state index contributed by atoms with van der Waals surface area (Å²) >= 11 is 1.93. The van der Waals surface area contributed by atoms with Crippen LogP contribution in [0.4, 0.5) is 11.4 Å². The lowest BCUT2D eigenvalue weighted by molar-refractivity contribution is 0.443. The van der Waals surface area contributed by atoms with E-state index in [1.165, 1.54) is 74.8 Å². The Bertz CT molecular complexity index is 1130. The molecule has 148 valence electrons. The number of benzene rings is 3. The predicted octanol–water partition coefficient (Wildman–Crippen LogP) is 8.97. The van der Waals surface area contributed by atoms with Crippen molar-refractivity contribution < 1.29 is 0 Å². The molecule has 0 atom stereocenters. The minimum absolute atomic E-state index is 0.538. The first-order valence-corrected chi connectivity index (χ1v) is 11.8. The molecule has 5 rings (SSSR count). The van der Waals surface area contributed by atoms with Crippen molar-refractivity contribution >= 4 is 42.9 Å². The van der Waals surface area contributed by atoms with Gasteiger partial charge in [-0.05, 0) is 54.0 Å². The van der Waals surface area contributed by atoms with Crippen LogP contribution in [0.2, 0.25) is 0 Å². The molecule has 1 aliphatic rings. The summed E-state index contributed by atoms with van der Waals surface area (Å²) in [6.45, 7) is 4.57. The zero-order chi connectivity index (χ0) is 19.8. The van der Waals surface area contributed by atoms with Gasteiger partial charge < -0.3 is 5.32 Å². The molecule has 0 radical (unpaired) electrons. The van der Waals surface area contributed by atoms with Gasteiger partial charge in [0.1, 0.15) is 0 Å². The third-order valence-corrected chi connectivity index (χ3v) is 7.75. The van der Waals surface area contributed by atoms with Crippen molar-refractivity contribution in [3.63, 3.8) is 0 Å². The van der Waals surface area contributed by atoms with E-state index in [4.69, 9.17) is 0 Å². The largest absolute Gasteiger partial charge is 0.354 e. The SMILES string of the molecule is CC(C)c1cccc2c1sc1c(Nc3ccc(C4CCCCC4)cc3)cccc12. The first-order chi connectivity index (χ1) is 14.2. The Morgan fingerprint density at radius 1 is 0.793 bits per heavy atom. The fraction of sp³-hybridized carbons (Fsp3) is 0.333. The molecule has 1 saturated carbocycles. The number of fused-ring (bicyclic) bond motifs is 3. The first-order valence-electron chi connectivity index (χ1n) is 11.0. The summed E-state index contributed by atoms with van der Waals surface area (Å²) in [5.41, 5.74) is 5.35. The second-order valence-electron chi connectivity index (χ2n) is 8.74. The van der Waals surface area contributed by atoms with Gasteiger partial charge in [0.2, 0.25) is 0 Å². The number of thiophene rings is 1. The Morgan fingerprint density at radius 2 is 1.48 bits per heavy atom. The van der Waals surface area contributed by atoms with E-state index in [0.717, 1.165) is 5.92 Å². The van der Waals surface area contributed by atoms with E-state index in [9.17, 15) is 0 Å². The van der Waals surface area contributed by atoms with Gasteiger partial charge in [0.05, 0.1) is 10.4 Å². The van der Waals surface area contributed by atoms with Crippen LogP contribution in [0.3, 0.4) is 0 Å². The van der Waals surface area contributed by atoms with Crippen LogP contribution < -0.4 is 5.32 Å². The average Bonchev–Trinajstić information content (AvgIpc) is 3.15. The minimum Gasteiger partial charge on any atom is -0.354 e. The zero-order valence-electron chi connectivity index (χ0n) is 17.4. The maximum absolute atomic E-state index is 3.70. The van der Waals surface area contributed by atoms with Crippen molar-refractivity contribution in [1.82, 2.24) is 0 Å². The smallest absolute Gasteiger partial charge is 0.0590 e. The molecule has 0 bridgehead atoms. The molecule has 0 aliphatic heterocycles. The number of rotatable bonds is 4. The van der Waals surface area contributed by atoms with Crippen molar-refractivity contribution in [2.24, 2.45) is 0 Å². The Kier molecular flexibility index (Phi) is 5.05. The maximum atomic E-state index is 3.70. The van der Waals surface area contributed by atoms with Crippen molar-refractivity contribution in [2.75, 3.05) is 5.32 Å². The van der Waals surface area contributed by atoms with Crippen LogP contribution in [-0.4, -0.2) is 0 Å². The summed E-state index contributed by atoms with van der Waals surface area (Å²) in [7, 11) is 0.